The first-order valence-electron chi connectivity index (χ1n) is 15.4. The second-order valence-corrected chi connectivity index (χ2v) is 12.0. The summed E-state index contributed by atoms with van der Waals surface area (Å²) in [7, 11) is 1.63. The first-order valence-corrected chi connectivity index (χ1v) is 15.4. The van der Waals surface area contributed by atoms with Gasteiger partial charge >= 0.3 is 0 Å². The van der Waals surface area contributed by atoms with Crippen LogP contribution in [0.2, 0.25) is 0 Å². The summed E-state index contributed by atoms with van der Waals surface area (Å²) < 4.78 is 19.4. The van der Waals surface area contributed by atoms with Crippen LogP contribution in [0.5, 0.6) is 11.5 Å². The average molecular weight is 588 g/mol. The summed E-state index contributed by atoms with van der Waals surface area (Å²) in [5.74, 6) is 2.23. The Bertz CT molecular complexity index is 1430. The van der Waals surface area contributed by atoms with Crippen LogP contribution in [0.15, 0.2) is 48.5 Å². The van der Waals surface area contributed by atoms with Crippen molar-refractivity contribution in [2.75, 3.05) is 46.6 Å². The Morgan fingerprint density at radius 3 is 2.63 bits per heavy atom. The number of aromatic nitrogens is 3. The maximum atomic E-state index is 13.5. The van der Waals surface area contributed by atoms with Gasteiger partial charge in [0.25, 0.3) is 11.8 Å². The molecule has 2 aromatic carbocycles. The number of nitrogens with zero attached hydrogens (tertiary/aromatic N) is 5. The molecule has 43 heavy (non-hydrogen) atoms. The number of hydrogen-bond donors (Lipinski definition) is 0. The van der Waals surface area contributed by atoms with Crippen molar-refractivity contribution in [3.8, 4) is 17.2 Å². The zero-order chi connectivity index (χ0) is 29.8. The van der Waals surface area contributed by atoms with E-state index in [1.165, 1.54) is 0 Å². The number of carbonyl (C=O) groups excluding carboxylic acids is 2. The third kappa shape index (κ3) is 6.39. The van der Waals surface area contributed by atoms with Gasteiger partial charge in [-0.1, -0.05) is 12.5 Å². The Morgan fingerprint density at radius 2 is 1.84 bits per heavy atom. The van der Waals surface area contributed by atoms with Crippen LogP contribution in [0.4, 0.5) is 0 Å². The van der Waals surface area contributed by atoms with Crippen molar-refractivity contribution in [1.82, 2.24) is 24.6 Å². The van der Waals surface area contributed by atoms with E-state index >= 15 is 0 Å². The van der Waals surface area contributed by atoms with Gasteiger partial charge in [0.2, 0.25) is 5.82 Å². The smallest absolute Gasteiger partial charge is 0.293 e. The number of fused-ring (bicyclic) bond motifs is 3. The molecule has 4 heterocycles. The lowest BCUT2D eigenvalue weighted by Crippen LogP contribution is -2.46. The molecule has 6 rings (SSSR count). The highest BCUT2D eigenvalue weighted by Crippen LogP contribution is 2.38. The number of likely N-dealkylation sites (tertiary alicyclic amines) is 1. The van der Waals surface area contributed by atoms with E-state index in [9.17, 15) is 9.59 Å². The van der Waals surface area contributed by atoms with Crippen LogP contribution in [0.3, 0.4) is 0 Å². The SMILES string of the molecule is COc1ccc(-n2nc(C(=O)N3CCC4(CCCCOC[C@@H]5CCCN5C(=O)c5cccc(c5)OC4)CC3)nc2C)cc1. The number of ether oxygens (including phenoxy) is 3. The topological polar surface area (TPSA) is 99.0 Å². The molecule has 3 aromatic rings. The van der Waals surface area contributed by atoms with Crippen molar-refractivity contribution in [1.29, 1.82) is 0 Å². The van der Waals surface area contributed by atoms with Crippen molar-refractivity contribution in [3.05, 3.63) is 65.7 Å². The highest BCUT2D eigenvalue weighted by Gasteiger charge is 2.38. The van der Waals surface area contributed by atoms with Crippen molar-refractivity contribution in [3.63, 3.8) is 0 Å². The summed E-state index contributed by atoms with van der Waals surface area (Å²) in [4.78, 5) is 35.2. The van der Waals surface area contributed by atoms with Gasteiger partial charge in [0, 0.05) is 37.2 Å². The highest BCUT2D eigenvalue weighted by atomic mass is 16.5. The Morgan fingerprint density at radius 1 is 1.02 bits per heavy atom. The summed E-state index contributed by atoms with van der Waals surface area (Å²) in [6.07, 6.45) is 6.63. The summed E-state index contributed by atoms with van der Waals surface area (Å²) in [5, 5.41) is 4.55. The fraction of sp³-hybridized carbons (Fsp3) is 0.515. The molecule has 0 radical (unpaired) electrons. The number of carbonyl (C=O) groups is 2. The van der Waals surface area contributed by atoms with E-state index in [-0.39, 0.29) is 29.1 Å². The molecule has 1 spiro atoms. The molecule has 228 valence electrons. The number of aryl methyl sites for hydroxylation is 1. The monoisotopic (exact) mass is 587 g/mol. The molecule has 1 atom stereocenters. The molecule has 10 heteroatoms. The summed E-state index contributed by atoms with van der Waals surface area (Å²) in [6.45, 7) is 5.68. The zero-order valence-corrected chi connectivity index (χ0v) is 25.2. The summed E-state index contributed by atoms with van der Waals surface area (Å²) in [5.41, 5.74) is 1.42. The van der Waals surface area contributed by atoms with E-state index < -0.39 is 0 Å². The Kier molecular flexibility index (Phi) is 8.65. The molecule has 2 saturated heterocycles. The lowest BCUT2D eigenvalue weighted by Gasteiger charge is -2.41. The molecule has 0 N–H and O–H groups in total. The molecule has 10 nitrogen and oxygen atoms in total. The first kappa shape index (κ1) is 29.2. The largest absolute Gasteiger partial charge is 0.497 e. The minimum absolute atomic E-state index is 0.0474. The lowest BCUT2D eigenvalue weighted by molar-refractivity contribution is 0.0326. The number of hydrogen-bond acceptors (Lipinski definition) is 7. The fourth-order valence-corrected chi connectivity index (χ4v) is 6.56. The van der Waals surface area contributed by atoms with E-state index in [4.69, 9.17) is 14.2 Å². The van der Waals surface area contributed by atoms with Gasteiger partial charge in [-0.3, -0.25) is 9.59 Å². The molecule has 3 aliphatic heterocycles. The van der Waals surface area contributed by atoms with Crippen molar-refractivity contribution >= 4 is 11.8 Å². The Hall–Kier alpha value is -3.92. The minimum Gasteiger partial charge on any atom is -0.497 e. The maximum absolute atomic E-state index is 13.5. The van der Waals surface area contributed by atoms with E-state index in [0.29, 0.717) is 50.0 Å². The fourth-order valence-electron chi connectivity index (χ4n) is 6.56. The molecular weight excluding hydrogens is 546 g/mol. The molecule has 0 unspecified atom stereocenters. The highest BCUT2D eigenvalue weighted by molar-refractivity contribution is 5.95. The third-order valence-corrected chi connectivity index (χ3v) is 9.21. The molecule has 2 fully saturated rings. The van der Waals surface area contributed by atoms with Gasteiger partial charge in [0.1, 0.15) is 17.3 Å². The van der Waals surface area contributed by atoms with Gasteiger partial charge in [0.15, 0.2) is 0 Å². The molecule has 0 aliphatic carbocycles. The van der Waals surface area contributed by atoms with Gasteiger partial charge in [-0.2, -0.15) is 0 Å². The van der Waals surface area contributed by atoms with Crippen molar-refractivity contribution in [2.24, 2.45) is 5.41 Å². The number of benzene rings is 2. The molecule has 1 aromatic heterocycles. The maximum Gasteiger partial charge on any atom is 0.293 e. The molecule has 3 aliphatic rings. The van der Waals surface area contributed by atoms with Crippen LogP contribution >= 0.6 is 0 Å². The van der Waals surface area contributed by atoms with Crippen LogP contribution in [-0.2, 0) is 4.74 Å². The first-order chi connectivity index (χ1) is 20.9. The van der Waals surface area contributed by atoms with Crippen molar-refractivity contribution < 1.29 is 23.8 Å². The predicted octanol–water partition coefficient (Wildman–Crippen LogP) is 4.69. The second-order valence-electron chi connectivity index (χ2n) is 12.0. The molecule has 2 bridgehead atoms. The lowest BCUT2D eigenvalue weighted by atomic mass is 9.75. The van der Waals surface area contributed by atoms with E-state index in [1.807, 2.05) is 65.3 Å². The van der Waals surface area contributed by atoms with Crippen LogP contribution in [0, 0.1) is 12.3 Å². The normalized spacial score (nSPS) is 21.1. The number of amides is 2. The Labute approximate surface area is 252 Å². The van der Waals surface area contributed by atoms with Crippen molar-refractivity contribution in [2.45, 2.75) is 57.9 Å². The van der Waals surface area contributed by atoms with Crippen LogP contribution < -0.4 is 9.47 Å². The van der Waals surface area contributed by atoms with Gasteiger partial charge in [-0.25, -0.2) is 9.67 Å². The number of methoxy groups -OCH3 is 1. The minimum atomic E-state index is -0.150. The zero-order valence-electron chi connectivity index (χ0n) is 25.2. The van der Waals surface area contributed by atoms with Crippen LogP contribution in [0.25, 0.3) is 5.69 Å². The molecule has 2 amide bonds. The van der Waals surface area contributed by atoms with Gasteiger partial charge in [0.05, 0.1) is 32.1 Å². The third-order valence-electron chi connectivity index (χ3n) is 9.21. The second kappa shape index (κ2) is 12.8. The Balaban J connectivity index is 1.14. The van der Waals surface area contributed by atoms with Gasteiger partial charge < -0.3 is 24.0 Å². The van der Waals surface area contributed by atoms with Gasteiger partial charge in [-0.15, -0.1) is 5.10 Å². The summed E-state index contributed by atoms with van der Waals surface area (Å²) in [6, 6.07) is 15.2. The summed E-state index contributed by atoms with van der Waals surface area (Å²) >= 11 is 0. The van der Waals surface area contributed by atoms with Crippen LogP contribution in [-0.4, -0.2) is 89.0 Å². The van der Waals surface area contributed by atoms with Gasteiger partial charge in [-0.05, 0) is 87.9 Å². The van der Waals surface area contributed by atoms with E-state index in [2.05, 4.69) is 10.1 Å². The standard InChI is InChI=1S/C33H41N5O5/c1-24-34-30(35-38(24)26-10-12-28(41-2)13-11-26)32(40)36-18-15-33(16-19-36)14-3-4-20-42-22-27-8-6-17-37(27)31(39)25-7-5-9-29(21-25)43-23-33/h5,7,9-13,21,27H,3-4,6,8,14-20,22-23H2,1-2H3/t27-/m0/s1. The quantitative estimate of drug-likeness (QED) is 0.438. The average Bonchev–Trinajstić information content (AvgIpc) is 3.68. The van der Waals surface area contributed by atoms with Crippen LogP contribution in [0.1, 0.15) is 71.7 Å². The van der Waals surface area contributed by atoms with E-state index in [0.717, 1.165) is 62.9 Å². The number of rotatable bonds is 3. The van der Waals surface area contributed by atoms with E-state index in [1.54, 1.807) is 11.8 Å². The predicted molar refractivity (Wildman–Crippen MR) is 161 cm³/mol. The molecule has 0 saturated carbocycles. The number of piperidine rings is 1. The molecular formula is C33H41N5O5.